The fourth-order valence-corrected chi connectivity index (χ4v) is 2.70. The smallest absolute Gasteiger partial charge is 0.0392 e. The van der Waals surface area contributed by atoms with Gasteiger partial charge in [-0.25, -0.2) is 0 Å². The zero-order valence-corrected chi connectivity index (χ0v) is 10.7. The maximum absolute atomic E-state index is 6.20. The van der Waals surface area contributed by atoms with Crippen LogP contribution in [-0.2, 0) is 0 Å². The minimum Gasteiger partial charge on any atom is -0.323 e. The van der Waals surface area contributed by atoms with E-state index in [1.165, 1.54) is 30.6 Å². The van der Waals surface area contributed by atoms with E-state index >= 15 is 0 Å². The van der Waals surface area contributed by atoms with Gasteiger partial charge in [0, 0.05) is 10.9 Å². The first-order valence-corrected chi connectivity index (χ1v) is 6.94. The Balaban J connectivity index is 2.37. The zero-order chi connectivity index (χ0) is 11.1. The Morgan fingerprint density at radius 2 is 2.20 bits per heavy atom. The average Bonchev–Trinajstić information content (AvgIpc) is 2.77. The summed E-state index contributed by atoms with van der Waals surface area (Å²) in [6, 6.07) is 4.50. The first-order valence-electron chi connectivity index (χ1n) is 6.06. The van der Waals surface area contributed by atoms with Crippen LogP contribution in [0.25, 0.3) is 0 Å². The van der Waals surface area contributed by atoms with Crippen LogP contribution in [0.5, 0.6) is 0 Å². The van der Waals surface area contributed by atoms with Crippen LogP contribution in [0.15, 0.2) is 17.5 Å². The lowest BCUT2D eigenvalue weighted by Gasteiger charge is -2.18. The average molecular weight is 225 g/mol. The molecule has 0 fully saturated rings. The van der Waals surface area contributed by atoms with Crippen molar-refractivity contribution in [3.05, 3.63) is 22.4 Å². The van der Waals surface area contributed by atoms with Crippen LogP contribution in [0.2, 0.25) is 0 Å². The molecule has 0 radical (unpaired) electrons. The second-order valence-corrected chi connectivity index (χ2v) is 5.25. The van der Waals surface area contributed by atoms with E-state index in [1.54, 1.807) is 11.3 Å². The molecule has 15 heavy (non-hydrogen) atoms. The molecule has 0 aliphatic rings. The van der Waals surface area contributed by atoms with Crippen molar-refractivity contribution in [1.82, 2.24) is 0 Å². The zero-order valence-electron chi connectivity index (χ0n) is 9.91. The van der Waals surface area contributed by atoms with E-state index in [0.717, 1.165) is 12.3 Å². The SMILES string of the molecule is CCCCC(CC)CC(N)c1cccs1. The third kappa shape index (κ3) is 4.35. The quantitative estimate of drug-likeness (QED) is 0.733. The molecule has 1 rings (SSSR count). The lowest BCUT2D eigenvalue weighted by Crippen LogP contribution is -2.14. The van der Waals surface area contributed by atoms with Crippen molar-refractivity contribution in [2.24, 2.45) is 11.7 Å². The highest BCUT2D eigenvalue weighted by Gasteiger charge is 2.13. The summed E-state index contributed by atoms with van der Waals surface area (Å²) in [5.41, 5.74) is 6.20. The molecule has 2 unspecified atom stereocenters. The first-order chi connectivity index (χ1) is 7.27. The Morgan fingerprint density at radius 3 is 2.73 bits per heavy atom. The largest absolute Gasteiger partial charge is 0.323 e. The van der Waals surface area contributed by atoms with E-state index < -0.39 is 0 Å². The van der Waals surface area contributed by atoms with E-state index in [0.29, 0.717) is 0 Å². The lowest BCUT2D eigenvalue weighted by atomic mass is 9.92. The molecule has 1 heterocycles. The Labute approximate surface area is 97.7 Å². The van der Waals surface area contributed by atoms with Gasteiger partial charge in [-0.15, -0.1) is 11.3 Å². The van der Waals surface area contributed by atoms with Crippen molar-refractivity contribution >= 4 is 11.3 Å². The molecule has 2 heteroatoms. The highest BCUT2D eigenvalue weighted by molar-refractivity contribution is 7.10. The first kappa shape index (κ1) is 12.7. The topological polar surface area (TPSA) is 26.0 Å². The fraction of sp³-hybridized carbons (Fsp3) is 0.692. The van der Waals surface area contributed by atoms with E-state index in [-0.39, 0.29) is 6.04 Å². The summed E-state index contributed by atoms with van der Waals surface area (Å²) in [4.78, 5) is 1.34. The summed E-state index contributed by atoms with van der Waals surface area (Å²) >= 11 is 1.78. The predicted octanol–water partition coefficient (Wildman–Crippen LogP) is 4.35. The van der Waals surface area contributed by atoms with Gasteiger partial charge in [0.15, 0.2) is 0 Å². The number of hydrogen-bond acceptors (Lipinski definition) is 2. The van der Waals surface area contributed by atoms with Gasteiger partial charge in [-0.2, -0.15) is 0 Å². The van der Waals surface area contributed by atoms with Gasteiger partial charge in [0.2, 0.25) is 0 Å². The summed E-state index contributed by atoms with van der Waals surface area (Å²) in [6.45, 7) is 4.54. The molecule has 1 aromatic heterocycles. The second kappa shape index (κ2) is 7.02. The summed E-state index contributed by atoms with van der Waals surface area (Å²) in [7, 11) is 0. The van der Waals surface area contributed by atoms with Gasteiger partial charge in [-0.1, -0.05) is 45.6 Å². The third-order valence-electron chi connectivity index (χ3n) is 3.04. The van der Waals surface area contributed by atoms with Crippen molar-refractivity contribution in [2.75, 3.05) is 0 Å². The normalized spacial score (nSPS) is 15.1. The van der Waals surface area contributed by atoms with Gasteiger partial charge >= 0.3 is 0 Å². The lowest BCUT2D eigenvalue weighted by molar-refractivity contribution is 0.390. The molecule has 2 atom stereocenters. The molecule has 1 aromatic rings. The monoisotopic (exact) mass is 225 g/mol. The summed E-state index contributed by atoms with van der Waals surface area (Å²) in [5, 5.41) is 2.11. The number of nitrogens with two attached hydrogens (primary N) is 1. The van der Waals surface area contributed by atoms with Gasteiger partial charge in [0.25, 0.3) is 0 Å². The number of hydrogen-bond donors (Lipinski definition) is 1. The molecule has 2 N–H and O–H groups in total. The molecule has 0 saturated heterocycles. The number of thiophene rings is 1. The van der Waals surface area contributed by atoms with Gasteiger partial charge in [0.05, 0.1) is 0 Å². The summed E-state index contributed by atoms with van der Waals surface area (Å²) < 4.78 is 0. The molecule has 0 bridgehead atoms. The summed E-state index contributed by atoms with van der Waals surface area (Å²) in [5.74, 6) is 0.807. The van der Waals surface area contributed by atoms with E-state index in [9.17, 15) is 0 Å². The maximum atomic E-state index is 6.20. The standard InChI is InChI=1S/C13H23NS/c1-3-5-7-11(4-2)10-12(14)13-8-6-9-15-13/h6,8-9,11-12H,3-5,7,10,14H2,1-2H3. The van der Waals surface area contributed by atoms with Gasteiger partial charge in [-0.05, 0) is 23.8 Å². The van der Waals surface area contributed by atoms with Crippen LogP contribution in [-0.4, -0.2) is 0 Å². The highest BCUT2D eigenvalue weighted by atomic mass is 32.1. The maximum Gasteiger partial charge on any atom is 0.0392 e. The Kier molecular flexibility index (Phi) is 5.96. The van der Waals surface area contributed by atoms with Crippen molar-refractivity contribution in [1.29, 1.82) is 0 Å². The molecule has 0 aliphatic heterocycles. The number of rotatable bonds is 7. The highest BCUT2D eigenvalue weighted by Crippen LogP contribution is 2.27. The van der Waals surface area contributed by atoms with Gasteiger partial charge in [-0.3, -0.25) is 0 Å². The second-order valence-electron chi connectivity index (χ2n) is 4.27. The third-order valence-corrected chi connectivity index (χ3v) is 4.04. The molecular formula is C13H23NS. The van der Waals surface area contributed by atoms with Crippen LogP contribution in [0.1, 0.15) is 56.9 Å². The fourth-order valence-electron chi connectivity index (χ4n) is 1.96. The molecule has 0 amide bonds. The number of unbranched alkanes of at least 4 members (excludes halogenated alkanes) is 1. The molecule has 86 valence electrons. The van der Waals surface area contributed by atoms with Crippen LogP contribution in [0, 0.1) is 5.92 Å². The molecule has 0 saturated carbocycles. The van der Waals surface area contributed by atoms with E-state index in [2.05, 4.69) is 31.4 Å². The van der Waals surface area contributed by atoms with Crippen molar-refractivity contribution < 1.29 is 0 Å². The summed E-state index contributed by atoms with van der Waals surface area (Å²) in [6.07, 6.45) is 6.39. The van der Waals surface area contributed by atoms with E-state index in [4.69, 9.17) is 5.73 Å². The molecule has 0 spiro atoms. The molecular weight excluding hydrogens is 202 g/mol. The molecule has 1 nitrogen and oxygen atoms in total. The van der Waals surface area contributed by atoms with Gasteiger partial charge < -0.3 is 5.73 Å². The molecule has 0 aliphatic carbocycles. The minimum absolute atomic E-state index is 0.256. The van der Waals surface area contributed by atoms with E-state index in [1.807, 2.05) is 0 Å². The van der Waals surface area contributed by atoms with Crippen LogP contribution >= 0.6 is 11.3 Å². The minimum atomic E-state index is 0.256. The van der Waals surface area contributed by atoms with Gasteiger partial charge in [0.1, 0.15) is 0 Å². The Bertz CT molecular complexity index is 243. The van der Waals surface area contributed by atoms with Crippen LogP contribution < -0.4 is 5.73 Å². The Hall–Kier alpha value is -0.340. The van der Waals surface area contributed by atoms with Crippen molar-refractivity contribution in [3.63, 3.8) is 0 Å². The van der Waals surface area contributed by atoms with Crippen LogP contribution in [0.3, 0.4) is 0 Å². The van der Waals surface area contributed by atoms with Crippen LogP contribution in [0.4, 0.5) is 0 Å². The molecule has 0 aromatic carbocycles. The predicted molar refractivity (Wildman–Crippen MR) is 69.2 cm³/mol. The van der Waals surface area contributed by atoms with Crippen molar-refractivity contribution in [3.8, 4) is 0 Å². The Morgan fingerprint density at radius 1 is 1.40 bits per heavy atom. The van der Waals surface area contributed by atoms with Crippen molar-refractivity contribution in [2.45, 2.75) is 52.0 Å².